The Labute approximate surface area is 112 Å². The van der Waals surface area contributed by atoms with Crippen molar-refractivity contribution in [3.63, 3.8) is 0 Å². The van der Waals surface area contributed by atoms with Crippen LogP contribution in [0.4, 0.5) is 0 Å². The first-order valence-corrected chi connectivity index (χ1v) is 6.34. The van der Waals surface area contributed by atoms with Crippen LogP contribution in [0.3, 0.4) is 0 Å². The fraction of sp³-hybridized carbons (Fsp3) is 0.462. The van der Waals surface area contributed by atoms with E-state index >= 15 is 0 Å². The standard InChI is InChI=1S/C13H17BN2O3/c1-12(2)13(3,4)19-14(18-12)10-6-7-11(17-10)16-9-5-8-15-16/h5-9H,1-4H3. The highest BCUT2D eigenvalue weighted by atomic mass is 16.7. The Kier molecular flexibility index (Phi) is 2.62. The minimum Gasteiger partial charge on any atom is -0.447 e. The molecule has 1 aliphatic rings. The van der Waals surface area contributed by atoms with Gasteiger partial charge in [0.15, 0.2) is 0 Å². The van der Waals surface area contributed by atoms with E-state index in [4.69, 9.17) is 13.7 Å². The fourth-order valence-electron chi connectivity index (χ4n) is 1.95. The SMILES string of the molecule is CC1(C)OB(c2ccc(-n3cccn3)o2)OC1(C)C. The van der Waals surface area contributed by atoms with Crippen molar-refractivity contribution in [2.45, 2.75) is 38.9 Å². The summed E-state index contributed by atoms with van der Waals surface area (Å²) in [7, 11) is -0.477. The molecule has 100 valence electrons. The Morgan fingerprint density at radius 2 is 1.79 bits per heavy atom. The van der Waals surface area contributed by atoms with Gasteiger partial charge < -0.3 is 13.7 Å². The first-order chi connectivity index (χ1) is 8.89. The van der Waals surface area contributed by atoms with Crippen molar-refractivity contribution in [3.05, 3.63) is 30.6 Å². The van der Waals surface area contributed by atoms with E-state index < -0.39 is 7.12 Å². The van der Waals surface area contributed by atoms with Gasteiger partial charge in [-0.2, -0.15) is 5.10 Å². The Balaban J connectivity index is 1.85. The van der Waals surface area contributed by atoms with Gasteiger partial charge in [0.2, 0.25) is 5.88 Å². The van der Waals surface area contributed by atoms with Crippen molar-refractivity contribution in [2.75, 3.05) is 0 Å². The third kappa shape index (κ3) is 2.01. The highest BCUT2D eigenvalue weighted by molar-refractivity contribution is 6.60. The average Bonchev–Trinajstić information content (AvgIpc) is 3.00. The van der Waals surface area contributed by atoms with Crippen molar-refractivity contribution >= 4 is 12.8 Å². The molecular formula is C13H17BN2O3. The lowest BCUT2D eigenvalue weighted by Gasteiger charge is -2.32. The van der Waals surface area contributed by atoms with Gasteiger partial charge in [0.25, 0.3) is 0 Å². The fourth-order valence-corrected chi connectivity index (χ4v) is 1.95. The van der Waals surface area contributed by atoms with E-state index in [1.807, 2.05) is 52.1 Å². The molecule has 1 saturated heterocycles. The Bertz CT molecular complexity index is 558. The second-order valence-electron chi connectivity index (χ2n) is 5.71. The van der Waals surface area contributed by atoms with Crippen molar-refractivity contribution in [3.8, 4) is 5.88 Å². The molecule has 0 aromatic carbocycles. The van der Waals surface area contributed by atoms with Crippen LogP contribution in [0.25, 0.3) is 5.88 Å². The molecule has 2 aromatic rings. The van der Waals surface area contributed by atoms with Gasteiger partial charge >= 0.3 is 7.12 Å². The molecule has 3 heterocycles. The van der Waals surface area contributed by atoms with Crippen LogP contribution in [0.2, 0.25) is 0 Å². The maximum atomic E-state index is 5.94. The highest BCUT2D eigenvalue weighted by Crippen LogP contribution is 2.36. The van der Waals surface area contributed by atoms with Crippen molar-refractivity contribution in [2.24, 2.45) is 0 Å². The number of rotatable bonds is 2. The number of hydrogen-bond donors (Lipinski definition) is 0. The van der Waals surface area contributed by atoms with Crippen LogP contribution in [0.15, 0.2) is 35.0 Å². The van der Waals surface area contributed by atoms with Crippen LogP contribution in [-0.2, 0) is 9.31 Å². The van der Waals surface area contributed by atoms with Gasteiger partial charge in [-0.25, -0.2) is 4.68 Å². The molecule has 6 heteroatoms. The molecule has 0 bridgehead atoms. The number of hydrogen-bond acceptors (Lipinski definition) is 4. The number of nitrogens with zero attached hydrogens (tertiary/aromatic N) is 2. The van der Waals surface area contributed by atoms with E-state index in [2.05, 4.69) is 5.10 Å². The van der Waals surface area contributed by atoms with Gasteiger partial charge in [-0.15, -0.1) is 0 Å². The molecule has 0 amide bonds. The lowest BCUT2D eigenvalue weighted by Crippen LogP contribution is -2.41. The minimum atomic E-state index is -0.477. The predicted molar refractivity (Wildman–Crippen MR) is 71.5 cm³/mol. The van der Waals surface area contributed by atoms with Gasteiger partial charge in [-0.1, -0.05) is 0 Å². The van der Waals surface area contributed by atoms with E-state index in [0.29, 0.717) is 11.5 Å². The molecule has 1 fully saturated rings. The molecule has 0 aliphatic carbocycles. The summed E-state index contributed by atoms with van der Waals surface area (Å²) in [4.78, 5) is 0. The normalized spacial score (nSPS) is 20.9. The lowest BCUT2D eigenvalue weighted by molar-refractivity contribution is 0.00578. The first kappa shape index (κ1) is 12.5. The number of aromatic nitrogens is 2. The van der Waals surface area contributed by atoms with Crippen molar-refractivity contribution in [1.82, 2.24) is 9.78 Å². The van der Waals surface area contributed by atoms with Gasteiger partial charge in [-0.3, -0.25) is 0 Å². The monoisotopic (exact) mass is 260 g/mol. The van der Waals surface area contributed by atoms with Gasteiger partial charge in [0, 0.05) is 18.5 Å². The van der Waals surface area contributed by atoms with Crippen molar-refractivity contribution < 1.29 is 13.7 Å². The molecule has 2 aromatic heterocycles. The minimum absolute atomic E-state index is 0.365. The van der Waals surface area contributed by atoms with Crippen LogP contribution in [0, 0.1) is 0 Å². The molecular weight excluding hydrogens is 243 g/mol. The molecule has 0 unspecified atom stereocenters. The third-order valence-electron chi connectivity index (χ3n) is 3.83. The summed E-state index contributed by atoms with van der Waals surface area (Å²) in [6.07, 6.45) is 3.53. The Hall–Kier alpha value is -1.53. The van der Waals surface area contributed by atoms with Gasteiger partial charge in [0.1, 0.15) is 5.66 Å². The van der Waals surface area contributed by atoms with E-state index in [0.717, 1.165) is 0 Å². The molecule has 0 radical (unpaired) electrons. The molecule has 5 nitrogen and oxygen atoms in total. The second-order valence-corrected chi connectivity index (χ2v) is 5.71. The summed E-state index contributed by atoms with van der Waals surface area (Å²) in [5.74, 6) is 0.648. The average molecular weight is 260 g/mol. The molecule has 19 heavy (non-hydrogen) atoms. The van der Waals surface area contributed by atoms with E-state index in [-0.39, 0.29) is 11.2 Å². The number of furan rings is 1. The Morgan fingerprint density at radius 3 is 2.37 bits per heavy atom. The van der Waals surface area contributed by atoms with E-state index in [1.165, 1.54) is 0 Å². The summed E-state index contributed by atoms with van der Waals surface area (Å²) >= 11 is 0. The summed E-state index contributed by atoms with van der Waals surface area (Å²) in [6, 6.07) is 5.56. The molecule has 3 rings (SSSR count). The van der Waals surface area contributed by atoms with Crippen LogP contribution in [0.1, 0.15) is 27.7 Å². The van der Waals surface area contributed by atoms with Crippen LogP contribution in [0.5, 0.6) is 0 Å². The zero-order chi connectivity index (χ0) is 13.7. The predicted octanol–water partition coefficient (Wildman–Crippen LogP) is 1.76. The molecule has 0 N–H and O–H groups in total. The van der Waals surface area contributed by atoms with Crippen LogP contribution < -0.4 is 5.66 Å². The summed E-state index contributed by atoms with van der Waals surface area (Å²) in [6.45, 7) is 8.07. The topological polar surface area (TPSA) is 49.4 Å². The van der Waals surface area contributed by atoms with E-state index in [1.54, 1.807) is 10.9 Å². The lowest BCUT2D eigenvalue weighted by atomic mass is 9.86. The zero-order valence-corrected chi connectivity index (χ0v) is 11.6. The van der Waals surface area contributed by atoms with Crippen LogP contribution >= 0.6 is 0 Å². The highest BCUT2D eigenvalue weighted by Gasteiger charge is 2.53. The summed E-state index contributed by atoms with van der Waals surface area (Å²) < 4.78 is 19.3. The largest absolute Gasteiger partial charge is 0.532 e. The van der Waals surface area contributed by atoms with Gasteiger partial charge in [-0.05, 0) is 39.8 Å². The summed E-state index contributed by atoms with van der Waals surface area (Å²) in [5, 5.41) is 4.12. The smallest absolute Gasteiger partial charge is 0.447 e. The molecule has 0 spiro atoms. The molecule has 0 saturated carbocycles. The first-order valence-electron chi connectivity index (χ1n) is 6.34. The molecule has 0 atom stereocenters. The summed E-state index contributed by atoms with van der Waals surface area (Å²) in [5.41, 5.74) is -0.0729. The maximum Gasteiger partial charge on any atom is 0.532 e. The third-order valence-corrected chi connectivity index (χ3v) is 3.83. The van der Waals surface area contributed by atoms with Gasteiger partial charge in [0.05, 0.1) is 11.2 Å². The zero-order valence-electron chi connectivity index (χ0n) is 11.6. The molecule has 1 aliphatic heterocycles. The van der Waals surface area contributed by atoms with Crippen molar-refractivity contribution in [1.29, 1.82) is 0 Å². The maximum absolute atomic E-state index is 5.94. The second kappa shape index (κ2) is 3.98. The quantitative estimate of drug-likeness (QED) is 0.772. The Morgan fingerprint density at radius 1 is 1.11 bits per heavy atom. The van der Waals surface area contributed by atoms with E-state index in [9.17, 15) is 0 Å². The van der Waals surface area contributed by atoms with Crippen LogP contribution in [-0.4, -0.2) is 28.1 Å².